The van der Waals surface area contributed by atoms with Crippen LogP contribution in [-0.2, 0) is 13.0 Å². The van der Waals surface area contributed by atoms with Crippen molar-refractivity contribution in [3.8, 4) is 0 Å². The second-order valence-corrected chi connectivity index (χ2v) is 4.71. The Morgan fingerprint density at radius 3 is 3.21 bits per heavy atom. The van der Waals surface area contributed by atoms with Crippen LogP contribution in [0.25, 0.3) is 0 Å². The van der Waals surface area contributed by atoms with Crippen LogP contribution in [-0.4, -0.2) is 39.6 Å². The van der Waals surface area contributed by atoms with Crippen molar-refractivity contribution in [1.82, 2.24) is 20.1 Å². The smallest absolute Gasteiger partial charge is 0.258 e. The molecule has 0 aromatic carbocycles. The van der Waals surface area contributed by atoms with Crippen LogP contribution in [0, 0.1) is 0 Å². The number of fused-ring (bicyclic) bond motifs is 1. The molecule has 0 aliphatic carbocycles. The van der Waals surface area contributed by atoms with E-state index in [2.05, 4.69) is 32.4 Å². The molecule has 3 rings (SSSR count). The summed E-state index contributed by atoms with van der Waals surface area (Å²) in [5, 5.41) is 10.0. The van der Waals surface area contributed by atoms with Gasteiger partial charge in [-0.05, 0) is 25.6 Å². The second-order valence-electron chi connectivity index (χ2n) is 4.71. The standard InChI is InChI=1S/C13H15N5O/c1-18-6-4-10-11(8-18)16-17-12(10)15-13(19)9-3-2-5-14-7-9/h2-3,5,7H,4,6,8H2,1H3,(H2,15,16,17,19). The van der Waals surface area contributed by atoms with Gasteiger partial charge in [-0.3, -0.25) is 14.9 Å². The summed E-state index contributed by atoms with van der Waals surface area (Å²) in [5.41, 5.74) is 2.72. The van der Waals surface area contributed by atoms with Gasteiger partial charge in [0.2, 0.25) is 0 Å². The maximum absolute atomic E-state index is 12.0. The highest BCUT2D eigenvalue weighted by Crippen LogP contribution is 2.23. The molecule has 0 fully saturated rings. The Kier molecular flexibility index (Phi) is 3.00. The van der Waals surface area contributed by atoms with Crippen molar-refractivity contribution in [2.75, 3.05) is 18.9 Å². The monoisotopic (exact) mass is 257 g/mol. The molecular formula is C13H15N5O. The highest BCUT2D eigenvalue weighted by molar-refractivity contribution is 6.03. The lowest BCUT2D eigenvalue weighted by molar-refractivity contribution is 0.102. The Morgan fingerprint density at radius 1 is 1.53 bits per heavy atom. The predicted octanol–water partition coefficient (Wildman–Crippen LogP) is 1.04. The lowest BCUT2D eigenvalue weighted by atomic mass is 10.1. The maximum atomic E-state index is 12.0. The number of carbonyl (C=O) groups excluding carboxylic acids is 1. The van der Waals surface area contributed by atoms with E-state index >= 15 is 0 Å². The summed E-state index contributed by atoms with van der Waals surface area (Å²) in [6.45, 7) is 1.81. The van der Waals surface area contributed by atoms with Gasteiger partial charge in [0, 0.05) is 31.0 Å². The molecule has 0 radical (unpaired) electrons. The molecule has 1 aliphatic heterocycles. The van der Waals surface area contributed by atoms with E-state index in [1.165, 1.54) is 0 Å². The predicted molar refractivity (Wildman–Crippen MR) is 70.8 cm³/mol. The quantitative estimate of drug-likeness (QED) is 0.843. The number of likely N-dealkylation sites (N-methyl/N-ethyl adjacent to an activating group) is 1. The summed E-state index contributed by atoms with van der Waals surface area (Å²) in [5.74, 6) is 0.457. The third-order valence-corrected chi connectivity index (χ3v) is 3.28. The van der Waals surface area contributed by atoms with E-state index in [4.69, 9.17) is 0 Å². The van der Waals surface area contributed by atoms with Gasteiger partial charge in [-0.2, -0.15) is 5.10 Å². The van der Waals surface area contributed by atoms with E-state index in [9.17, 15) is 4.79 Å². The zero-order valence-electron chi connectivity index (χ0n) is 10.7. The first-order valence-corrected chi connectivity index (χ1v) is 6.20. The van der Waals surface area contributed by atoms with Crippen LogP contribution in [0.1, 0.15) is 21.6 Å². The summed E-state index contributed by atoms with van der Waals surface area (Å²) in [7, 11) is 2.07. The molecular weight excluding hydrogens is 242 g/mol. The Balaban J connectivity index is 1.80. The summed E-state index contributed by atoms with van der Waals surface area (Å²) in [6.07, 6.45) is 4.08. The second kappa shape index (κ2) is 4.81. The SMILES string of the molecule is CN1CCc2c(NC(=O)c3cccnc3)n[nH]c2C1. The third-order valence-electron chi connectivity index (χ3n) is 3.28. The van der Waals surface area contributed by atoms with Gasteiger partial charge >= 0.3 is 0 Å². The lowest BCUT2D eigenvalue weighted by Gasteiger charge is -2.21. The van der Waals surface area contributed by atoms with Crippen LogP contribution in [0.3, 0.4) is 0 Å². The fourth-order valence-corrected chi connectivity index (χ4v) is 2.23. The number of nitrogens with one attached hydrogen (secondary N) is 2. The summed E-state index contributed by atoms with van der Waals surface area (Å²) >= 11 is 0. The van der Waals surface area contributed by atoms with E-state index in [-0.39, 0.29) is 5.91 Å². The van der Waals surface area contributed by atoms with Gasteiger partial charge in [0.05, 0.1) is 11.3 Å². The first-order valence-electron chi connectivity index (χ1n) is 6.20. The minimum atomic E-state index is -0.179. The largest absolute Gasteiger partial charge is 0.305 e. The van der Waals surface area contributed by atoms with Gasteiger partial charge in [-0.25, -0.2) is 0 Å². The van der Waals surface area contributed by atoms with Gasteiger partial charge < -0.3 is 10.2 Å². The van der Waals surface area contributed by atoms with Crippen molar-refractivity contribution in [3.63, 3.8) is 0 Å². The molecule has 0 atom stereocenters. The number of nitrogens with zero attached hydrogens (tertiary/aromatic N) is 3. The minimum absolute atomic E-state index is 0.179. The van der Waals surface area contributed by atoms with E-state index < -0.39 is 0 Å². The number of aromatic amines is 1. The van der Waals surface area contributed by atoms with Gasteiger partial charge in [0.1, 0.15) is 0 Å². The normalized spacial score (nSPS) is 15.0. The molecule has 6 nitrogen and oxygen atoms in total. The lowest BCUT2D eigenvalue weighted by Crippen LogP contribution is -2.26. The topological polar surface area (TPSA) is 73.9 Å². The van der Waals surface area contributed by atoms with Gasteiger partial charge in [-0.1, -0.05) is 0 Å². The molecule has 19 heavy (non-hydrogen) atoms. The number of H-pyrrole nitrogens is 1. The van der Waals surface area contributed by atoms with Crippen molar-refractivity contribution in [3.05, 3.63) is 41.3 Å². The Hall–Kier alpha value is -2.21. The maximum Gasteiger partial charge on any atom is 0.258 e. The molecule has 2 N–H and O–H groups in total. The number of rotatable bonds is 2. The molecule has 0 bridgehead atoms. The average molecular weight is 257 g/mol. The molecule has 0 saturated carbocycles. The van der Waals surface area contributed by atoms with E-state index in [0.717, 1.165) is 30.8 Å². The Bertz CT molecular complexity index is 592. The third kappa shape index (κ3) is 2.34. The van der Waals surface area contributed by atoms with Crippen molar-refractivity contribution >= 4 is 11.7 Å². The van der Waals surface area contributed by atoms with Crippen molar-refractivity contribution in [2.45, 2.75) is 13.0 Å². The summed E-state index contributed by atoms with van der Waals surface area (Å²) in [4.78, 5) is 18.2. The number of amides is 1. The average Bonchev–Trinajstić information content (AvgIpc) is 2.82. The van der Waals surface area contributed by atoms with Crippen LogP contribution in [0.4, 0.5) is 5.82 Å². The first kappa shape index (κ1) is 11.9. The number of anilines is 1. The van der Waals surface area contributed by atoms with Gasteiger partial charge in [-0.15, -0.1) is 0 Å². The Morgan fingerprint density at radius 2 is 2.42 bits per heavy atom. The molecule has 0 saturated heterocycles. The van der Waals surface area contributed by atoms with Crippen LogP contribution in [0.5, 0.6) is 0 Å². The van der Waals surface area contributed by atoms with Crippen molar-refractivity contribution < 1.29 is 4.79 Å². The van der Waals surface area contributed by atoms with E-state index in [1.807, 2.05) is 0 Å². The minimum Gasteiger partial charge on any atom is -0.305 e. The fraction of sp³-hybridized carbons (Fsp3) is 0.308. The van der Waals surface area contributed by atoms with Crippen LogP contribution in [0.15, 0.2) is 24.5 Å². The molecule has 3 heterocycles. The van der Waals surface area contributed by atoms with Crippen LogP contribution >= 0.6 is 0 Å². The molecule has 6 heteroatoms. The van der Waals surface area contributed by atoms with Crippen LogP contribution in [0.2, 0.25) is 0 Å². The van der Waals surface area contributed by atoms with Gasteiger partial charge in [0.15, 0.2) is 5.82 Å². The Labute approximate surface area is 110 Å². The number of pyridine rings is 1. The molecule has 1 aliphatic rings. The molecule has 0 spiro atoms. The summed E-state index contributed by atoms with van der Waals surface area (Å²) in [6, 6.07) is 3.47. The van der Waals surface area contributed by atoms with E-state index in [1.54, 1.807) is 24.5 Å². The number of hydrogen-bond donors (Lipinski definition) is 2. The highest BCUT2D eigenvalue weighted by atomic mass is 16.1. The number of hydrogen-bond acceptors (Lipinski definition) is 4. The molecule has 2 aromatic rings. The molecule has 0 unspecified atom stereocenters. The fourth-order valence-electron chi connectivity index (χ4n) is 2.23. The van der Waals surface area contributed by atoms with Crippen molar-refractivity contribution in [1.29, 1.82) is 0 Å². The van der Waals surface area contributed by atoms with Gasteiger partial charge in [0.25, 0.3) is 5.91 Å². The zero-order chi connectivity index (χ0) is 13.2. The molecule has 2 aromatic heterocycles. The highest BCUT2D eigenvalue weighted by Gasteiger charge is 2.21. The molecule has 98 valence electrons. The van der Waals surface area contributed by atoms with E-state index in [0.29, 0.717) is 11.4 Å². The number of aromatic nitrogens is 3. The number of carbonyl (C=O) groups is 1. The summed E-state index contributed by atoms with van der Waals surface area (Å²) < 4.78 is 0. The van der Waals surface area contributed by atoms with Crippen LogP contribution < -0.4 is 5.32 Å². The van der Waals surface area contributed by atoms with Crippen molar-refractivity contribution in [2.24, 2.45) is 0 Å². The molecule has 1 amide bonds. The zero-order valence-corrected chi connectivity index (χ0v) is 10.7. The first-order chi connectivity index (χ1) is 9.24.